The number of nitrogens with zero attached hydrogens (tertiary/aromatic N) is 1. The first-order chi connectivity index (χ1) is 11.0. The molecule has 0 aliphatic carbocycles. The fraction of sp³-hybridized carbons (Fsp3) is 0.412. The van der Waals surface area contributed by atoms with Crippen LogP contribution >= 0.6 is 0 Å². The average molecular weight is 339 g/mol. The molecule has 132 valence electrons. The van der Waals surface area contributed by atoms with Gasteiger partial charge in [-0.3, -0.25) is 4.98 Å². The molecule has 0 aliphatic rings. The van der Waals surface area contributed by atoms with Crippen LogP contribution in [0.2, 0.25) is 0 Å². The molecule has 0 saturated heterocycles. The van der Waals surface area contributed by atoms with Crippen LogP contribution in [0.5, 0.6) is 0 Å². The zero-order valence-electron chi connectivity index (χ0n) is 14.1. The number of amides is 1. The van der Waals surface area contributed by atoms with Gasteiger partial charge in [0.15, 0.2) is 0 Å². The van der Waals surface area contributed by atoms with E-state index in [4.69, 9.17) is 10.5 Å². The molecule has 0 spiro atoms. The first-order valence-electron chi connectivity index (χ1n) is 7.40. The van der Waals surface area contributed by atoms with Crippen molar-refractivity contribution in [2.45, 2.75) is 38.7 Å². The van der Waals surface area contributed by atoms with E-state index in [1.54, 1.807) is 39.0 Å². The smallest absolute Gasteiger partial charge is 0.407 e. The first kappa shape index (κ1) is 19.6. The monoisotopic (exact) mass is 339 g/mol. The minimum atomic E-state index is -3.15. The minimum Gasteiger partial charge on any atom is -0.444 e. The second kappa shape index (κ2) is 7.90. The van der Waals surface area contributed by atoms with E-state index in [0.717, 1.165) is 0 Å². The standard InChI is InChI=1S/C17H23F2N3O2/c1-12-13(6-5-9-20)7-8-14(22-12)10-17(18,19)11-21-15(23)24-16(2,3)4/h5-9H,1,10-11,20H2,2-4H3,(H,21,23)/b9-5-,13-6-. The van der Waals surface area contributed by atoms with Gasteiger partial charge in [-0.25, -0.2) is 13.6 Å². The number of carbonyl (C=O) groups excluding carboxylic acids is 1. The van der Waals surface area contributed by atoms with E-state index in [9.17, 15) is 13.6 Å². The lowest BCUT2D eigenvalue weighted by Crippen LogP contribution is -2.41. The Labute approximate surface area is 139 Å². The van der Waals surface area contributed by atoms with E-state index in [1.807, 2.05) is 0 Å². The number of aromatic nitrogens is 1. The summed E-state index contributed by atoms with van der Waals surface area (Å²) in [5.74, 6) is -3.15. The lowest BCUT2D eigenvalue weighted by molar-refractivity contribution is -0.00488. The van der Waals surface area contributed by atoms with Crippen LogP contribution in [0.4, 0.5) is 13.6 Å². The Hall–Kier alpha value is -2.44. The van der Waals surface area contributed by atoms with Gasteiger partial charge in [-0.1, -0.05) is 18.7 Å². The molecule has 0 aliphatic heterocycles. The quantitative estimate of drug-likeness (QED) is 0.851. The van der Waals surface area contributed by atoms with Gasteiger partial charge in [0, 0.05) is 5.69 Å². The highest BCUT2D eigenvalue weighted by Crippen LogP contribution is 2.17. The Morgan fingerprint density at radius 3 is 2.62 bits per heavy atom. The number of rotatable bonds is 5. The van der Waals surface area contributed by atoms with Crippen LogP contribution in [0.1, 0.15) is 26.5 Å². The maximum absolute atomic E-state index is 14.0. The maximum atomic E-state index is 14.0. The molecule has 1 heterocycles. The molecule has 5 nitrogen and oxygen atoms in total. The van der Waals surface area contributed by atoms with Crippen molar-refractivity contribution in [1.29, 1.82) is 0 Å². The number of carbonyl (C=O) groups is 1. The number of hydrogen-bond donors (Lipinski definition) is 2. The van der Waals surface area contributed by atoms with Crippen LogP contribution in [0.3, 0.4) is 0 Å². The highest BCUT2D eigenvalue weighted by atomic mass is 19.3. The molecule has 0 aromatic carbocycles. The Kier molecular flexibility index (Phi) is 6.45. The summed E-state index contributed by atoms with van der Waals surface area (Å²) in [6, 6.07) is 3.13. The lowest BCUT2D eigenvalue weighted by Gasteiger charge is -2.21. The molecule has 0 bridgehead atoms. The molecule has 0 unspecified atom stereocenters. The summed E-state index contributed by atoms with van der Waals surface area (Å²) in [5, 5.41) is 3.14. The topological polar surface area (TPSA) is 77.2 Å². The van der Waals surface area contributed by atoms with Crippen molar-refractivity contribution in [2.24, 2.45) is 5.73 Å². The van der Waals surface area contributed by atoms with E-state index in [1.165, 1.54) is 12.3 Å². The molecule has 24 heavy (non-hydrogen) atoms. The van der Waals surface area contributed by atoms with Crippen molar-refractivity contribution in [3.05, 3.63) is 40.7 Å². The zero-order valence-corrected chi connectivity index (χ0v) is 14.1. The second-order valence-electron chi connectivity index (χ2n) is 6.28. The van der Waals surface area contributed by atoms with Gasteiger partial charge in [0.1, 0.15) is 5.60 Å². The number of hydrogen-bond acceptors (Lipinski definition) is 4. The number of ether oxygens (including phenoxy) is 1. The summed E-state index contributed by atoms with van der Waals surface area (Å²) in [4.78, 5) is 15.5. The third kappa shape index (κ3) is 7.21. The maximum Gasteiger partial charge on any atom is 0.407 e. The van der Waals surface area contributed by atoms with E-state index < -0.39 is 30.6 Å². The molecule has 0 saturated carbocycles. The number of alkyl halides is 2. The van der Waals surface area contributed by atoms with Crippen molar-refractivity contribution >= 4 is 18.7 Å². The predicted octanol–water partition coefficient (Wildman–Crippen LogP) is 1.45. The van der Waals surface area contributed by atoms with E-state index in [0.29, 0.717) is 10.6 Å². The van der Waals surface area contributed by atoms with Crippen LogP contribution in [0.15, 0.2) is 24.4 Å². The minimum absolute atomic E-state index is 0.185. The summed E-state index contributed by atoms with van der Waals surface area (Å²) >= 11 is 0. The molecule has 1 amide bonds. The third-order valence-corrected chi connectivity index (χ3v) is 2.78. The first-order valence-corrected chi connectivity index (χ1v) is 7.40. The molecule has 0 radical (unpaired) electrons. The number of allylic oxidation sites excluding steroid dienone is 1. The average Bonchev–Trinajstić information content (AvgIpc) is 2.42. The normalized spacial score (nSPS) is 13.3. The van der Waals surface area contributed by atoms with Gasteiger partial charge in [0.05, 0.1) is 18.3 Å². The van der Waals surface area contributed by atoms with Crippen molar-refractivity contribution in [1.82, 2.24) is 10.3 Å². The van der Waals surface area contributed by atoms with E-state index >= 15 is 0 Å². The lowest BCUT2D eigenvalue weighted by atomic mass is 10.1. The highest BCUT2D eigenvalue weighted by Gasteiger charge is 2.31. The van der Waals surface area contributed by atoms with Gasteiger partial charge in [-0.15, -0.1) is 0 Å². The molecule has 1 aromatic rings. The molecule has 1 rings (SSSR count). The largest absolute Gasteiger partial charge is 0.444 e. The molecule has 7 heteroatoms. The SMILES string of the molecule is C=c1nc(CC(F)(F)CNC(=O)OC(C)(C)C)cc/c1=C/C=C\N. The van der Waals surface area contributed by atoms with Crippen molar-refractivity contribution in [2.75, 3.05) is 6.54 Å². The molecule has 0 atom stereocenters. The van der Waals surface area contributed by atoms with Crippen molar-refractivity contribution in [3.8, 4) is 0 Å². The van der Waals surface area contributed by atoms with Crippen molar-refractivity contribution < 1.29 is 18.3 Å². The Morgan fingerprint density at radius 2 is 2.08 bits per heavy atom. The van der Waals surface area contributed by atoms with Gasteiger partial charge in [0.25, 0.3) is 5.92 Å². The number of nitrogens with one attached hydrogen (secondary N) is 1. The summed E-state index contributed by atoms with van der Waals surface area (Å²) in [5.41, 5.74) is 4.68. The summed E-state index contributed by atoms with van der Waals surface area (Å²) in [7, 11) is 0. The number of nitrogens with two attached hydrogens (primary N) is 1. The fourth-order valence-corrected chi connectivity index (χ4v) is 1.81. The number of alkyl carbamates (subject to hydrolysis) is 1. The van der Waals surface area contributed by atoms with Gasteiger partial charge in [0.2, 0.25) is 0 Å². The van der Waals surface area contributed by atoms with Gasteiger partial charge in [-0.05, 0) is 44.3 Å². The zero-order chi connectivity index (χ0) is 18.4. The van der Waals surface area contributed by atoms with Crippen LogP contribution in [0, 0.1) is 0 Å². The van der Waals surface area contributed by atoms with Crippen LogP contribution in [0.25, 0.3) is 12.7 Å². The molecule has 0 fully saturated rings. The fourth-order valence-electron chi connectivity index (χ4n) is 1.81. The van der Waals surface area contributed by atoms with Gasteiger partial charge >= 0.3 is 6.09 Å². The summed E-state index contributed by atoms with van der Waals surface area (Å²) < 4.78 is 32.9. The van der Waals surface area contributed by atoms with Crippen LogP contribution < -0.4 is 21.6 Å². The van der Waals surface area contributed by atoms with E-state index in [2.05, 4.69) is 16.9 Å². The Balaban J connectivity index is 2.72. The van der Waals surface area contributed by atoms with Gasteiger partial charge in [-0.2, -0.15) is 0 Å². The Morgan fingerprint density at radius 1 is 1.42 bits per heavy atom. The third-order valence-electron chi connectivity index (χ3n) is 2.78. The van der Waals surface area contributed by atoms with E-state index in [-0.39, 0.29) is 5.69 Å². The Bertz CT molecular complexity index is 710. The summed E-state index contributed by atoms with van der Waals surface area (Å²) in [6.45, 7) is 7.86. The highest BCUT2D eigenvalue weighted by molar-refractivity contribution is 5.67. The predicted molar refractivity (Wildman–Crippen MR) is 89.7 cm³/mol. The molecule has 3 N–H and O–H groups in total. The molecular weight excluding hydrogens is 316 g/mol. The molecule has 1 aromatic heterocycles. The number of halogens is 2. The molecular formula is C17H23F2N3O2. The summed E-state index contributed by atoms with van der Waals surface area (Å²) in [6.07, 6.45) is 3.14. The number of pyridine rings is 1. The van der Waals surface area contributed by atoms with Crippen LogP contribution in [-0.2, 0) is 11.2 Å². The van der Waals surface area contributed by atoms with Gasteiger partial charge < -0.3 is 15.8 Å². The van der Waals surface area contributed by atoms with Crippen molar-refractivity contribution in [3.63, 3.8) is 0 Å². The van der Waals surface area contributed by atoms with Crippen LogP contribution in [-0.4, -0.2) is 29.1 Å². The second-order valence-corrected chi connectivity index (χ2v) is 6.28.